The van der Waals surface area contributed by atoms with E-state index in [4.69, 9.17) is 16.3 Å². The Labute approximate surface area is 174 Å². The summed E-state index contributed by atoms with van der Waals surface area (Å²) in [5.41, 5.74) is 1.06. The van der Waals surface area contributed by atoms with Gasteiger partial charge in [0, 0.05) is 11.9 Å². The molecule has 0 saturated heterocycles. The van der Waals surface area contributed by atoms with E-state index in [-0.39, 0.29) is 22.8 Å². The van der Waals surface area contributed by atoms with Gasteiger partial charge in [-0.25, -0.2) is 14.4 Å². The number of hydrogen-bond acceptors (Lipinski definition) is 6. The first-order valence-electron chi connectivity index (χ1n) is 8.53. The molecule has 0 aliphatic heterocycles. The van der Waals surface area contributed by atoms with Crippen LogP contribution in [0, 0.1) is 17.7 Å². The smallest absolute Gasteiger partial charge is 0.262 e. The molecule has 4 rings (SSSR count). The minimum absolute atomic E-state index is 0.0629. The fourth-order valence-corrected chi connectivity index (χ4v) is 2.88. The lowest BCUT2D eigenvalue weighted by Gasteiger charge is -2.08. The second-order valence-electron chi connectivity index (χ2n) is 5.91. The second kappa shape index (κ2) is 8.14. The number of nitrogens with zero attached hydrogens (tertiary/aromatic N) is 5. The van der Waals surface area contributed by atoms with E-state index >= 15 is 0 Å². The average Bonchev–Trinajstić information content (AvgIpc) is 3.18. The van der Waals surface area contributed by atoms with Crippen LogP contribution in [0.4, 0.5) is 10.1 Å². The quantitative estimate of drug-likeness (QED) is 0.403. The maximum absolute atomic E-state index is 14.2. The van der Waals surface area contributed by atoms with Crippen molar-refractivity contribution in [1.29, 1.82) is 0 Å². The lowest BCUT2D eigenvalue weighted by molar-refractivity contribution is 0.102. The Morgan fingerprint density at radius 1 is 1.23 bits per heavy atom. The normalized spacial score (nSPS) is 10.4. The molecule has 4 aromatic rings. The third-order valence-electron chi connectivity index (χ3n) is 4.03. The summed E-state index contributed by atoms with van der Waals surface area (Å²) in [4.78, 5) is 20.2. The zero-order valence-corrected chi connectivity index (χ0v) is 16.2. The number of anilines is 1. The van der Waals surface area contributed by atoms with Crippen LogP contribution in [0.5, 0.6) is 5.88 Å². The first-order valence-corrected chi connectivity index (χ1v) is 8.91. The van der Waals surface area contributed by atoms with Crippen LogP contribution < -0.4 is 10.1 Å². The molecule has 0 unspecified atom stereocenters. The molecule has 8 nitrogen and oxygen atoms in total. The molecular weight excluding hydrogens is 411 g/mol. The molecule has 0 saturated carbocycles. The Morgan fingerprint density at radius 2 is 2.10 bits per heavy atom. The van der Waals surface area contributed by atoms with Gasteiger partial charge in [0.1, 0.15) is 22.9 Å². The van der Waals surface area contributed by atoms with Gasteiger partial charge in [-0.1, -0.05) is 23.6 Å². The third-order valence-corrected chi connectivity index (χ3v) is 4.32. The molecule has 1 aromatic carbocycles. The second-order valence-corrected chi connectivity index (χ2v) is 6.30. The number of fused-ring (bicyclic) bond motifs is 1. The van der Waals surface area contributed by atoms with Crippen molar-refractivity contribution in [3.63, 3.8) is 0 Å². The van der Waals surface area contributed by atoms with Crippen LogP contribution in [-0.2, 0) is 0 Å². The maximum Gasteiger partial charge on any atom is 0.262 e. The number of rotatable bonds is 3. The molecule has 30 heavy (non-hydrogen) atoms. The molecular formula is C20H12ClFN6O2. The van der Waals surface area contributed by atoms with Gasteiger partial charge >= 0.3 is 0 Å². The highest BCUT2D eigenvalue weighted by Crippen LogP contribution is 2.18. The summed E-state index contributed by atoms with van der Waals surface area (Å²) in [7, 11) is 1.39. The van der Waals surface area contributed by atoms with Crippen molar-refractivity contribution in [1.82, 2.24) is 24.6 Å². The number of hydrogen-bond donors (Lipinski definition) is 1. The molecule has 3 heterocycles. The highest BCUT2D eigenvalue weighted by Gasteiger charge is 2.14. The number of halogens is 2. The summed E-state index contributed by atoms with van der Waals surface area (Å²) in [5, 5.41) is 11.0. The topological polar surface area (TPSA) is 94.3 Å². The molecule has 0 aliphatic carbocycles. The lowest BCUT2D eigenvalue weighted by atomic mass is 10.2. The minimum Gasteiger partial charge on any atom is -0.480 e. The van der Waals surface area contributed by atoms with Gasteiger partial charge in [0.05, 0.1) is 12.7 Å². The zero-order chi connectivity index (χ0) is 21.1. The molecule has 1 N–H and O–H groups in total. The number of pyridine rings is 1. The highest BCUT2D eigenvalue weighted by molar-refractivity contribution is 6.29. The molecule has 0 atom stereocenters. The number of nitrogens with one attached hydrogen (secondary N) is 1. The molecule has 0 bridgehead atoms. The van der Waals surface area contributed by atoms with Crippen LogP contribution >= 0.6 is 11.6 Å². The highest BCUT2D eigenvalue weighted by atomic mass is 35.5. The van der Waals surface area contributed by atoms with E-state index in [1.54, 1.807) is 22.6 Å². The van der Waals surface area contributed by atoms with E-state index < -0.39 is 11.7 Å². The zero-order valence-electron chi connectivity index (χ0n) is 15.4. The Morgan fingerprint density at radius 3 is 2.93 bits per heavy atom. The third kappa shape index (κ3) is 3.76. The van der Waals surface area contributed by atoms with Gasteiger partial charge in [0.15, 0.2) is 5.65 Å². The van der Waals surface area contributed by atoms with Crippen molar-refractivity contribution >= 4 is 28.8 Å². The number of ether oxygens (including phenoxy) is 1. The van der Waals surface area contributed by atoms with Gasteiger partial charge in [-0.3, -0.25) is 9.20 Å². The van der Waals surface area contributed by atoms with E-state index in [0.717, 1.165) is 0 Å². The summed E-state index contributed by atoms with van der Waals surface area (Å²) in [6, 6.07) is 9.15. The first-order chi connectivity index (χ1) is 14.6. The molecule has 3 aromatic heterocycles. The molecule has 0 radical (unpaired) electrons. The number of methoxy groups -OCH3 is 1. The lowest BCUT2D eigenvalue weighted by Crippen LogP contribution is -2.14. The van der Waals surface area contributed by atoms with Crippen LogP contribution in [0.15, 0.2) is 48.9 Å². The summed E-state index contributed by atoms with van der Waals surface area (Å²) < 4.78 is 20.8. The van der Waals surface area contributed by atoms with Crippen LogP contribution in [-0.4, -0.2) is 37.6 Å². The van der Waals surface area contributed by atoms with Gasteiger partial charge in [-0.2, -0.15) is 0 Å². The SMILES string of the molecule is COc1ncncc1C(=O)Nc1ccc(F)c(C#Cc2nnc3cccc(Cl)n23)c1. The number of benzene rings is 1. The number of amides is 1. The predicted octanol–water partition coefficient (Wildman–Crippen LogP) is 2.97. The Hall–Kier alpha value is -4.03. The molecule has 0 aliphatic rings. The van der Waals surface area contributed by atoms with Crippen molar-refractivity contribution < 1.29 is 13.9 Å². The van der Waals surface area contributed by atoms with Crippen molar-refractivity contribution in [2.75, 3.05) is 12.4 Å². The summed E-state index contributed by atoms with van der Waals surface area (Å²) in [5.74, 6) is 4.79. The molecule has 1 amide bonds. The molecule has 10 heteroatoms. The average molecular weight is 423 g/mol. The molecule has 0 fully saturated rings. The van der Waals surface area contributed by atoms with E-state index in [1.165, 1.54) is 37.8 Å². The molecule has 148 valence electrons. The van der Waals surface area contributed by atoms with Gasteiger partial charge in [0.2, 0.25) is 11.7 Å². The maximum atomic E-state index is 14.2. The fourth-order valence-electron chi connectivity index (χ4n) is 2.64. The van der Waals surface area contributed by atoms with Gasteiger partial charge in [0.25, 0.3) is 5.91 Å². The van der Waals surface area contributed by atoms with Crippen molar-refractivity contribution in [3.05, 3.63) is 76.8 Å². The number of aromatic nitrogens is 5. The fraction of sp³-hybridized carbons (Fsp3) is 0.0500. The first kappa shape index (κ1) is 19.3. The van der Waals surface area contributed by atoms with Gasteiger partial charge in [-0.15, -0.1) is 10.2 Å². The number of carbonyl (C=O) groups is 1. The Kier molecular flexibility index (Phi) is 5.24. The Bertz CT molecular complexity index is 1330. The molecule has 0 spiro atoms. The van der Waals surface area contributed by atoms with E-state index in [1.807, 2.05) is 0 Å². The summed E-state index contributed by atoms with van der Waals surface area (Å²) >= 11 is 6.16. The van der Waals surface area contributed by atoms with E-state index in [2.05, 4.69) is 37.3 Å². The van der Waals surface area contributed by atoms with Crippen molar-refractivity contribution in [3.8, 4) is 17.7 Å². The standard InChI is InChI=1S/C20H12ClFN6O2/c1-30-20-14(10-23-11-24-20)19(29)25-13-6-7-15(22)12(9-13)5-8-18-27-26-17-4-2-3-16(21)28(17)18/h2-4,6-7,9-11H,1H3,(H,25,29). The van der Waals surface area contributed by atoms with Crippen molar-refractivity contribution in [2.45, 2.75) is 0 Å². The van der Waals surface area contributed by atoms with Crippen LogP contribution in [0.2, 0.25) is 5.15 Å². The van der Waals surface area contributed by atoms with E-state index in [0.29, 0.717) is 16.5 Å². The van der Waals surface area contributed by atoms with Crippen molar-refractivity contribution in [2.24, 2.45) is 0 Å². The minimum atomic E-state index is -0.555. The monoisotopic (exact) mass is 422 g/mol. The largest absolute Gasteiger partial charge is 0.480 e. The van der Waals surface area contributed by atoms with Gasteiger partial charge < -0.3 is 10.1 Å². The predicted molar refractivity (Wildman–Crippen MR) is 107 cm³/mol. The Balaban J connectivity index is 1.63. The number of carbonyl (C=O) groups excluding carboxylic acids is 1. The van der Waals surface area contributed by atoms with E-state index in [9.17, 15) is 9.18 Å². The summed E-state index contributed by atoms with van der Waals surface area (Å²) in [6.45, 7) is 0. The van der Waals surface area contributed by atoms with Crippen LogP contribution in [0.3, 0.4) is 0 Å². The van der Waals surface area contributed by atoms with Crippen LogP contribution in [0.25, 0.3) is 5.65 Å². The van der Waals surface area contributed by atoms with Crippen LogP contribution in [0.1, 0.15) is 21.7 Å². The van der Waals surface area contributed by atoms with Gasteiger partial charge in [-0.05, 0) is 36.3 Å². The summed E-state index contributed by atoms with van der Waals surface area (Å²) in [6.07, 6.45) is 2.59.